The summed E-state index contributed by atoms with van der Waals surface area (Å²) in [6.45, 7) is 10.1. The van der Waals surface area contributed by atoms with Crippen LogP contribution in [0.15, 0.2) is 29.3 Å². The molecule has 29 heavy (non-hydrogen) atoms. The fourth-order valence-electron chi connectivity index (χ4n) is 3.33. The molecule has 0 aromatic heterocycles. The Hall–Kier alpha value is -0.970. The zero-order chi connectivity index (χ0) is 20.4. The third-order valence-corrected chi connectivity index (χ3v) is 5.53. The van der Waals surface area contributed by atoms with Crippen molar-refractivity contribution < 1.29 is 9.13 Å². The van der Waals surface area contributed by atoms with E-state index in [9.17, 15) is 4.39 Å². The maximum absolute atomic E-state index is 13.4. The third-order valence-electron chi connectivity index (χ3n) is 5.53. The third kappa shape index (κ3) is 8.74. The van der Waals surface area contributed by atoms with Crippen LogP contribution in [0.5, 0.6) is 0 Å². The second-order valence-electron chi connectivity index (χ2n) is 7.33. The van der Waals surface area contributed by atoms with Gasteiger partial charge in [-0.3, -0.25) is 9.89 Å². The normalized spacial score (nSPS) is 17.5. The molecule has 0 aliphatic carbocycles. The fraction of sp³-hybridized carbons (Fsp3) is 0.667. The van der Waals surface area contributed by atoms with Crippen molar-refractivity contribution in [1.82, 2.24) is 20.4 Å². The number of hydrogen-bond acceptors (Lipinski definition) is 4. The quantitative estimate of drug-likeness (QED) is 0.298. The highest BCUT2D eigenvalue weighted by atomic mass is 127. The van der Waals surface area contributed by atoms with Crippen molar-refractivity contribution in [2.75, 3.05) is 60.0 Å². The molecule has 2 unspecified atom stereocenters. The molecule has 6 nitrogen and oxygen atoms in total. The first kappa shape index (κ1) is 26.1. The van der Waals surface area contributed by atoms with Crippen LogP contribution in [0, 0.1) is 5.82 Å². The highest BCUT2D eigenvalue weighted by molar-refractivity contribution is 14.0. The second-order valence-corrected chi connectivity index (χ2v) is 7.33. The summed E-state index contributed by atoms with van der Waals surface area (Å²) in [6, 6.07) is 7.51. The van der Waals surface area contributed by atoms with E-state index in [1.54, 1.807) is 7.05 Å². The van der Waals surface area contributed by atoms with Crippen LogP contribution in [0.25, 0.3) is 0 Å². The molecule has 1 aromatic rings. The summed E-state index contributed by atoms with van der Waals surface area (Å²) in [6.07, 6.45) is 1.14. The van der Waals surface area contributed by atoms with Crippen LogP contribution in [0.2, 0.25) is 0 Å². The van der Waals surface area contributed by atoms with Crippen LogP contribution < -0.4 is 10.6 Å². The topological polar surface area (TPSA) is 52.1 Å². The summed E-state index contributed by atoms with van der Waals surface area (Å²) in [4.78, 5) is 9.07. The Morgan fingerprint density at radius 3 is 2.48 bits per heavy atom. The smallest absolute Gasteiger partial charge is 0.191 e. The fourth-order valence-corrected chi connectivity index (χ4v) is 3.33. The Balaban J connectivity index is 0.00000420. The van der Waals surface area contributed by atoms with Gasteiger partial charge in [0.05, 0.1) is 19.3 Å². The van der Waals surface area contributed by atoms with Crippen LogP contribution in [0.1, 0.15) is 31.9 Å². The summed E-state index contributed by atoms with van der Waals surface area (Å²) in [5.74, 6) is 0.582. The van der Waals surface area contributed by atoms with Gasteiger partial charge in [-0.2, -0.15) is 0 Å². The molecular formula is C21H37FIN5O. The lowest BCUT2D eigenvalue weighted by Gasteiger charge is -2.35. The van der Waals surface area contributed by atoms with Crippen molar-refractivity contribution in [3.63, 3.8) is 0 Å². The first-order valence-electron chi connectivity index (χ1n) is 10.3. The predicted octanol–water partition coefficient (Wildman–Crippen LogP) is 2.71. The molecule has 2 N–H and O–H groups in total. The van der Waals surface area contributed by atoms with Gasteiger partial charge in [0.1, 0.15) is 5.82 Å². The highest BCUT2D eigenvalue weighted by Crippen LogP contribution is 2.21. The van der Waals surface area contributed by atoms with Crippen molar-refractivity contribution in [3.05, 3.63) is 35.6 Å². The summed E-state index contributed by atoms with van der Waals surface area (Å²) < 4.78 is 18.9. The molecule has 0 spiro atoms. The molecule has 1 fully saturated rings. The van der Waals surface area contributed by atoms with E-state index in [1.165, 1.54) is 12.1 Å². The Bertz CT molecular complexity index is 595. The van der Waals surface area contributed by atoms with E-state index in [0.29, 0.717) is 12.6 Å². The number of morpholine rings is 1. The molecule has 8 heteroatoms. The largest absolute Gasteiger partial charge is 0.379 e. The molecule has 1 aromatic carbocycles. The molecule has 0 bridgehead atoms. The van der Waals surface area contributed by atoms with Gasteiger partial charge in [0.15, 0.2) is 5.96 Å². The molecule has 166 valence electrons. The minimum Gasteiger partial charge on any atom is -0.379 e. The lowest BCUT2D eigenvalue weighted by Crippen LogP contribution is -2.47. The van der Waals surface area contributed by atoms with Crippen molar-refractivity contribution in [2.24, 2.45) is 4.99 Å². The van der Waals surface area contributed by atoms with Crippen molar-refractivity contribution in [3.8, 4) is 0 Å². The average Bonchev–Trinajstić information content (AvgIpc) is 2.73. The number of rotatable bonds is 9. The highest BCUT2D eigenvalue weighted by Gasteiger charge is 2.23. The summed E-state index contributed by atoms with van der Waals surface area (Å²) in [5.41, 5.74) is 1.10. The second kappa shape index (κ2) is 14.1. The standard InChI is InChI=1S/C21H36FN5O.HI/c1-5-17(2)26(4)11-10-24-21(23-3)25-16-20(27-12-14-28-15-13-27)18-6-8-19(22)9-7-18;/h6-9,17,20H,5,10-16H2,1-4H3,(H2,23,24,25);1H. The summed E-state index contributed by atoms with van der Waals surface area (Å²) in [7, 11) is 3.93. The van der Waals surface area contributed by atoms with Gasteiger partial charge in [-0.15, -0.1) is 24.0 Å². The molecule has 2 rings (SSSR count). The maximum Gasteiger partial charge on any atom is 0.191 e. The van der Waals surface area contributed by atoms with E-state index in [0.717, 1.165) is 57.3 Å². The first-order chi connectivity index (χ1) is 13.5. The van der Waals surface area contributed by atoms with E-state index >= 15 is 0 Å². The number of halogens is 2. The minimum absolute atomic E-state index is 0. The molecule has 0 amide bonds. The molecule has 1 saturated heterocycles. The van der Waals surface area contributed by atoms with Gasteiger partial charge in [-0.05, 0) is 38.1 Å². The van der Waals surface area contributed by atoms with Gasteiger partial charge in [-0.25, -0.2) is 4.39 Å². The van der Waals surface area contributed by atoms with E-state index in [1.807, 2.05) is 12.1 Å². The van der Waals surface area contributed by atoms with Crippen LogP contribution in [-0.4, -0.2) is 81.8 Å². The van der Waals surface area contributed by atoms with Crippen molar-refractivity contribution >= 4 is 29.9 Å². The molecule has 0 saturated carbocycles. The molecule has 1 aliphatic rings. The van der Waals surface area contributed by atoms with Crippen LogP contribution in [-0.2, 0) is 4.74 Å². The number of hydrogen-bond donors (Lipinski definition) is 2. The first-order valence-corrected chi connectivity index (χ1v) is 10.3. The molecule has 1 heterocycles. The molecule has 1 aliphatic heterocycles. The Morgan fingerprint density at radius 2 is 1.90 bits per heavy atom. The summed E-state index contributed by atoms with van der Waals surface area (Å²) >= 11 is 0. The lowest BCUT2D eigenvalue weighted by molar-refractivity contribution is 0.0170. The van der Waals surface area contributed by atoms with Crippen LogP contribution in [0.4, 0.5) is 4.39 Å². The Kier molecular flexibility index (Phi) is 12.7. The minimum atomic E-state index is -0.208. The number of guanidine groups is 1. The number of aliphatic imine (C=N–C) groups is 1. The van der Waals surface area contributed by atoms with E-state index in [2.05, 4.69) is 46.3 Å². The van der Waals surface area contributed by atoms with Gasteiger partial charge in [-0.1, -0.05) is 19.1 Å². The Morgan fingerprint density at radius 1 is 1.24 bits per heavy atom. The lowest BCUT2D eigenvalue weighted by atomic mass is 10.0. The van der Waals surface area contributed by atoms with E-state index < -0.39 is 0 Å². The van der Waals surface area contributed by atoms with E-state index in [-0.39, 0.29) is 35.8 Å². The average molecular weight is 521 g/mol. The SMILES string of the molecule is CCC(C)N(C)CCNC(=NC)NCC(c1ccc(F)cc1)N1CCOCC1.I. The number of likely N-dealkylation sites (N-methyl/N-ethyl adjacent to an activating group) is 1. The van der Waals surface area contributed by atoms with Gasteiger partial charge < -0.3 is 20.3 Å². The van der Waals surface area contributed by atoms with Gasteiger partial charge in [0.25, 0.3) is 0 Å². The molecular weight excluding hydrogens is 484 g/mol. The maximum atomic E-state index is 13.4. The van der Waals surface area contributed by atoms with Gasteiger partial charge in [0.2, 0.25) is 0 Å². The number of nitrogens with zero attached hydrogens (tertiary/aromatic N) is 3. The molecule has 0 radical (unpaired) electrons. The summed E-state index contributed by atoms with van der Waals surface area (Å²) in [5, 5.41) is 6.83. The van der Waals surface area contributed by atoms with Gasteiger partial charge in [0, 0.05) is 45.8 Å². The van der Waals surface area contributed by atoms with Crippen LogP contribution >= 0.6 is 24.0 Å². The monoisotopic (exact) mass is 521 g/mol. The number of benzene rings is 1. The number of ether oxygens (including phenoxy) is 1. The zero-order valence-electron chi connectivity index (χ0n) is 18.2. The predicted molar refractivity (Wildman–Crippen MR) is 129 cm³/mol. The van der Waals surface area contributed by atoms with E-state index in [4.69, 9.17) is 4.74 Å². The molecule has 2 atom stereocenters. The van der Waals surface area contributed by atoms with Crippen molar-refractivity contribution in [2.45, 2.75) is 32.4 Å². The van der Waals surface area contributed by atoms with Crippen LogP contribution in [0.3, 0.4) is 0 Å². The zero-order valence-corrected chi connectivity index (χ0v) is 20.5. The number of nitrogens with one attached hydrogen (secondary N) is 2. The Labute approximate surface area is 192 Å². The van der Waals surface area contributed by atoms with Crippen molar-refractivity contribution in [1.29, 1.82) is 0 Å². The van der Waals surface area contributed by atoms with Gasteiger partial charge >= 0.3 is 0 Å².